The van der Waals surface area contributed by atoms with Gasteiger partial charge in [-0.1, -0.05) is 44.6 Å². The van der Waals surface area contributed by atoms with Gasteiger partial charge in [0.05, 0.1) is 6.61 Å². The van der Waals surface area contributed by atoms with Crippen molar-refractivity contribution in [2.45, 2.75) is 40.2 Å². The summed E-state index contributed by atoms with van der Waals surface area (Å²) in [6.45, 7) is 14.2. The Bertz CT molecular complexity index is 369. The molecule has 0 bridgehead atoms. The molecule has 0 heterocycles. The van der Waals surface area contributed by atoms with Gasteiger partial charge < -0.3 is 4.74 Å². The fourth-order valence-electron chi connectivity index (χ4n) is 1.94. The maximum atomic E-state index is 5.67. The third-order valence-electron chi connectivity index (χ3n) is 3.04. The van der Waals surface area contributed by atoms with Crippen LogP contribution in [0.15, 0.2) is 36.4 Å². The molecule has 19 heavy (non-hydrogen) atoms. The van der Waals surface area contributed by atoms with Crippen LogP contribution in [0.3, 0.4) is 0 Å². The third kappa shape index (κ3) is 6.44. The Kier molecular flexibility index (Phi) is 7.27. The molecular weight excluding hydrogens is 234 g/mol. The summed E-state index contributed by atoms with van der Waals surface area (Å²) < 4.78 is 5.67. The smallest absolute Gasteiger partial charge is 0.119 e. The van der Waals surface area contributed by atoms with Crippen molar-refractivity contribution in [1.29, 1.82) is 0 Å². The van der Waals surface area contributed by atoms with Crippen LogP contribution in [0, 0.1) is 0 Å². The van der Waals surface area contributed by atoms with Gasteiger partial charge in [-0.15, -0.1) is 0 Å². The van der Waals surface area contributed by atoms with Gasteiger partial charge in [0, 0.05) is 13.1 Å². The molecule has 0 atom stereocenters. The second kappa shape index (κ2) is 8.76. The SMILES string of the molecule is C=C(C)CN(CC)Cc1ccc(OCCCC)cc1. The molecule has 2 heteroatoms. The second-order valence-electron chi connectivity index (χ2n) is 5.11. The van der Waals surface area contributed by atoms with Gasteiger partial charge in [0.1, 0.15) is 5.75 Å². The summed E-state index contributed by atoms with van der Waals surface area (Å²) in [7, 11) is 0. The zero-order chi connectivity index (χ0) is 14.1. The van der Waals surface area contributed by atoms with E-state index in [1.807, 2.05) is 0 Å². The van der Waals surface area contributed by atoms with E-state index in [1.54, 1.807) is 0 Å². The molecule has 0 fully saturated rings. The van der Waals surface area contributed by atoms with Crippen LogP contribution in [-0.4, -0.2) is 24.6 Å². The Labute approximate surface area is 118 Å². The normalized spacial score (nSPS) is 10.7. The molecule has 0 saturated heterocycles. The average molecular weight is 261 g/mol. The molecule has 1 aromatic rings. The summed E-state index contributed by atoms with van der Waals surface area (Å²) in [4.78, 5) is 2.38. The monoisotopic (exact) mass is 261 g/mol. The van der Waals surface area contributed by atoms with E-state index in [0.29, 0.717) is 0 Å². The summed E-state index contributed by atoms with van der Waals surface area (Å²) in [5.41, 5.74) is 2.53. The highest BCUT2D eigenvalue weighted by molar-refractivity contribution is 5.27. The van der Waals surface area contributed by atoms with Gasteiger partial charge in [-0.3, -0.25) is 4.90 Å². The first-order valence-electron chi connectivity index (χ1n) is 7.24. The number of rotatable bonds is 9. The van der Waals surface area contributed by atoms with Gasteiger partial charge in [0.2, 0.25) is 0 Å². The van der Waals surface area contributed by atoms with Crippen molar-refractivity contribution in [2.24, 2.45) is 0 Å². The van der Waals surface area contributed by atoms with Crippen LogP contribution in [0.4, 0.5) is 0 Å². The standard InChI is InChI=1S/C17H27NO/c1-5-7-12-19-17-10-8-16(9-11-17)14-18(6-2)13-15(3)4/h8-11H,3,5-7,12-14H2,1-2,4H3. The molecule has 106 valence electrons. The first-order valence-corrected chi connectivity index (χ1v) is 7.24. The van der Waals surface area contributed by atoms with Crippen molar-refractivity contribution in [3.8, 4) is 5.75 Å². The lowest BCUT2D eigenvalue weighted by molar-refractivity contribution is 0.301. The van der Waals surface area contributed by atoms with Crippen molar-refractivity contribution < 1.29 is 4.74 Å². The van der Waals surface area contributed by atoms with Crippen LogP contribution in [0.2, 0.25) is 0 Å². The van der Waals surface area contributed by atoms with Crippen molar-refractivity contribution in [3.05, 3.63) is 42.0 Å². The zero-order valence-electron chi connectivity index (χ0n) is 12.6. The Balaban J connectivity index is 2.48. The molecule has 0 N–H and O–H groups in total. The van der Waals surface area contributed by atoms with E-state index in [4.69, 9.17) is 4.74 Å². The molecule has 0 aliphatic rings. The molecule has 1 rings (SSSR count). The maximum Gasteiger partial charge on any atom is 0.119 e. The fourth-order valence-corrected chi connectivity index (χ4v) is 1.94. The van der Waals surface area contributed by atoms with Gasteiger partial charge in [-0.2, -0.15) is 0 Å². The lowest BCUT2D eigenvalue weighted by Gasteiger charge is -2.20. The summed E-state index contributed by atoms with van der Waals surface area (Å²) in [5, 5.41) is 0. The number of hydrogen-bond acceptors (Lipinski definition) is 2. The summed E-state index contributed by atoms with van der Waals surface area (Å²) in [6.07, 6.45) is 2.29. The Morgan fingerprint density at radius 1 is 1.21 bits per heavy atom. The van der Waals surface area contributed by atoms with E-state index in [0.717, 1.165) is 38.4 Å². The minimum atomic E-state index is 0.812. The number of hydrogen-bond donors (Lipinski definition) is 0. The summed E-state index contributed by atoms with van der Waals surface area (Å²) in [5.74, 6) is 0.972. The predicted molar refractivity (Wildman–Crippen MR) is 82.6 cm³/mol. The third-order valence-corrected chi connectivity index (χ3v) is 3.04. The van der Waals surface area contributed by atoms with Gasteiger partial charge in [0.25, 0.3) is 0 Å². The van der Waals surface area contributed by atoms with Crippen LogP contribution >= 0.6 is 0 Å². The van der Waals surface area contributed by atoms with Gasteiger partial charge in [0.15, 0.2) is 0 Å². The molecule has 0 aliphatic heterocycles. The highest BCUT2D eigenvalue weighted by atomic mass is 16.5. The van der Waals surface area contributed by atoms with Crippen molar-refractivity contribution in [2.75, 3.05) is 19.7 Å². The number of nitrogens with zero attached hydrogens (tertiary/aromatic N) is 1. The topological polar surface area (TPSA) is 12.5 Å². The molecule has 0 unspecified atom stereocenters. The molecule has 0 aromatic heterocycles. The fraction of sp³-hybridized carbons (Fsp3) is 0.529. The molecule has 1 aromatic carbocycles. The van der Waals surface area contributed by atoms with E-state index in [9.17, 15) is 0 Å². The molecule has 2 nitrogen and oxygen atoms in total. The van der Waals surface area contributed by atoms with Crippen molar-refractivity contribution in [3.63, 3.8) is 0 Å². The highest BCUT2D eigenvalue weighted by Crippen LogP contribution is 2.14. The number of unbranched alkanes of at least 4 members (excludes halogenated alkanes) is 1. The largest absolute Gasteiger partial charge is 0.494 e. The minimum Gasteiger partial charge on any atom is -0.494 e. The Hall–Kier alpha value is -1.28. The van der Waals surface area contributed by atoms with Crippen LogP contribution < -0.4 is 4.74 Å². The van der Waals surface area contributed by atoms with Crippen molar-refractivity contribution >= 4 is 0 Å². The van der Waals surface area contributed by atoms with Crippen LogP contribution in [-0.2, 0) is 6.54 Å². The van der Waals surface area contributed by atoms with Gasteiger partial charge in [-0.05, 0) is 37.6 Å². The second-order valence-corrected chi connectivity index (χ2v) is 5.11. The van der Waals surface area contributed by atoms with Crippen LogP contribution in [0.1, 0.15) is 39.2 Å². The van der Waals surface area contributed by atoms with E-state index in [1.165, 1.54) is 17.6 Å². The minimum absolute atomic E-state index is 0.812. The van der Waals surface area contributed by atoms with Crippen LogP contribution in [0.5, 0.6) is 5.75 Å². The molecule has 0 radical (unpaired) electrons. The summed E-state index contributed by atoms with van der Waals surface area (Å²) >= 11 is 0. The summed E-state index contributed by atoms with van der Waals surface area (Å²) in [6, 6.07) is 8.45. The first kappa shape index (κ1) is 15.8. The quantitative estimate of drug-likeness (QED) is 0.486. The average Bonchev–Trinajstić information content (AvgIpc) is 2.39. The van der Waals surface area contributed by atoms with Gasteiger partial charge >= 0.3 is 0 Å². The zero-order valence-corrected chi connectivity index (χ0v) is 12.6. The molecule has 0 aliphatic carbocycles. The van der Waals surface area contributed by atoms with Crippen LogP contribution in [0.25, 0.3) is 0 Å². The van der Waals surface area contributed by atoms with Gasteiger partial charge in [-0.25, -0.2) is 0 Å². The molecular formula is C17H27NO. The van der Waals surface area contributed by atoms with E-state index in [-0.39, 0.29) is 0 Å². The maximum absolute atomic E-state index is 5.67. The molecule has 0 saturated carbocycles. The molecule has 0 spiro atoms. The number of ether oxygens (including phenoxy) is 1. The Morgan fingerprint density at radius 2 is 1.89 bits per heavy atom. The van der Waals surface area contributed by atoms with E-state index < -0.39 is 0 Å². The lowest BCUT2D eigenvalue weighted by Crippen LogP contribution is -2.24. The Morgan fingerprint density at radius 3 is 2.42 bits per heavy atom. The van der Waals surface area contributed by atoms with E-state index in [2.05, 4.69) is 56.5 Å². The van der Waals surface area contributed by atoms with E-state index >= 15 is 0 Å². The van der Waals surface area contributed by atoms with Crippen molar-refractivity contribution in [1.82, 2.24) is 4.90 Å². The predicted octanol–water partition coefficient (Wildman–Crippen LogP) is 4.26. The molecule has 0 amide bonds. The number of likely N-dealkylation sites (N-methyl/N-ethyl adjacent to an activating group) is 1. The lowest BCUT2D eigenvalue weighted by atomic mass is 10.2. The number of benzene rings is 1. The first-order chi connectivity index (χ1) is 9.15. The highest BCUT2D eigenvalue weighted by Gasteiger charge is 2.04.